The summed E-state index contributed by atoms with van der Waals surface area (Å²) in [4.78, 5) is 11.7. The highest BCUT2D eigenvalue weighted by atomic mass is 32.1. The van der Waals surface area contributed by atoms with Gasteiger partial charge in [0, 0.05) is 11.3 Å². The second-order valence-corrected chi connectivity index (χ2v) is 2.99. The van der Waals surface area contributed by atoms with Gasteiger partial charge in [-0.1, -0.05) is 6.07 Å². The first-order chi connectivity index (χ1) is 5.29. The van der Waals surface area contributed by atoms with Crippen molar-refractivity contribution in [3.05, 3.63) is 22.4 Å². The van der Waals surface area contributed by atoms with Gasteiger partial charge in [0.05, 0.1) is 0 Å². The van der Waals surface area contributed by atoms with Crippen LogP contribution in [0.4, 0.5) is 0 Å². The molecule has 0 aliphatic carbocycles. The Morgan fingerprint density at radius 1 is 1.58 bits per heavy atom. The number of carbonyl (C=O) groups is 1. The maximum absolute atomic E-state index is 10.5. The lowest BCUT2D eigenvalue weighted by atomic mass is 10.3. The number of nitrogens with two attached hydrogens (primary N) is 2. The van der Waals surface area contributed by atoms with Crippen molar-refractivity contribution in [2.75, 3.05) is 0 Å². The van der Waals surface area contributed by atoms with Gasteiger partial charge in [-0.3, -0.25) is 16.5 Å². The van der Waals surface area contributed by atoms with E-state index in [2.05, 4.69) is 11.7 Å². The van der Waals surface area contributed by atoms with E-state index in [9.17, 15) is 4.79 Å². The largest absolute Gasteiger partial charge is 0.412 e. The summed E-state index contributed by atoms with van der Waals surface area (Å²) in [5.74, 6) is 8.23. The number of rotatable bonds is 2. The molecule has 1 heterocycles. The number of carbonyl (C=O) groups excluding carboxylic acids is 1. The van der Waals surface area contributed by atoms with E-state index >= 15 is 0 Å². The van der Waals surface area contributed by atoms with E-state index in [-0.39, 0.29) is 11.3 Å². The zero-order valence-corrected chi connectivity index (χ0v) is 7.73. The standard InChI is InChI=1S/C7H8OS.H4N2.H2O/c1-6(8)5-7-3-2-4-9-7;1-2;/h2-4H,5H2,1H3;1-2H2;1H2. The molecule has 4 nitrogen and oxygen atoms in total. The van der Waals surface area contributed by atoms with Crippen molar-refractivity contribution in [2.45, 2.75) is 13.3 Å². The molecule has 70 valence electrons. The van der Waals surface area contributed by atoms with Crippen molar-refractivity contribution in [3.8, 4) is 0 Å². The first-order valence-electron chi connectivity index (χ1n) is 3.14. The molecule has 6 N–H and O–H groups in total. The monoisotopic (exact) mass is 190 g/mol. The smallest absolute Gasteiger partial charge is 0.135 e. The van der Waals surface area contributed by atoms with Crippen LogP contribution in [0.2, 0.25) is 0 Å². The Bertz CT molecular complexity index is 199. The first kappa shape index (κ1) is 13.8. The fourth-order valence-electron chi connectivity index (χ4n) is 0.659. The molecular formula is C7H14N2O2S. The van der Waals surface area contributed by atoms with Gasteiger partial charge in [-0.05, 0) is 18.4 Å². The lowest BCUT2D eigenvalue weighted by Crippen LogP contribution is -2.02. The number of hydrogen-bond donors (Lipinski definition) is 2. The molecular weight excluding hydrogens is 176 g/mol. The molecule has 0 saturated carbocycles. The molecule has 0 amide bonds. The third-order valence-electron chi connectivity index (χ3n) is 1.00. The van der Waals surface area contributed by atoms with Crippen LogP contribution in [0, 0.1) is 0 Å². The minimum absolute atomic E-state index is 0. The van der Waals surface area contributed by atoms with Crippen LogP contribution in [-0.2, 0) is 11.2 Å². The fraction of sp³-hybridized carbons (Fsp3) is 0.286. The van der Waals surface area contributed by atoms with Crippen LogP contribution in [0.5, 0.6) is 0 Å². The molecule has 0 spiro atoms. The Morgan fingerprint density at radius 3 is 2.50 bits per heavy atom. The van der Waals surface area contributed by atoms with Crippen LogP contribution in [0.3, 0.4) is 0 Å². The van der Waals surface area contributed by atoms with Gasteiger partial charge < -0.3 is 5.48 Å². The molecule has 1 aromatic rings. The maximum atomic E-state index is 10.5. The zero-order valence-electron chi connectivity index (χ0n) is 6.91. The molecule has 0 aliphatic rings. The summed E-state index contributed by atoms with van der Waals surface area (Å²) in [5.41, 5.74) is 0. The summed E-state index contributed by atoms with van der Waals surface area (Å²) in [5, 5.41) is 1.98. The lowest BCUT2D eigenvalue weighted by molar-refractivity contribution is -0.116. The Kier molecular flexibility index (Phi) is 9.61. The maximum Gasteiger partial charge on any atom is 0.135 e. The van der Waals surface area contributed by atoms with Crippen LogP contribution in [0.15, 0.2) is 17.5 Å². The molecule has 5 heteroatoms. The predicted octanol–water partition coefficient (Wildman–Crippen LogP) is -0.126. The van der Waals surface area contributed by atoms with Crippen molar-refractivity contribution >= 4 is 17.1 Å². The van der Waals surface area contributed by atoms with Crippen molar-refractivity contribution in [3.63, 3.8) is 0 Å². The molecule has 0 atom stereocenters. The molecule has 12 heavy (non-hydrogen) atoms. The van der Waals surface area contributed by atoms with E-state index < -0.39 is 0 Å². The minimum Gasteiger partial charge on any atom is -0.412 e. The summed E-state index contributed by atoms with van der Waals surface area (Å²) < 4.78 is 0. The van der Waals surface area contributed by atoms with Gasteiger partial charge in [0.2, 0.25) is 0 Å². The molecule has 0 saturated heterocycles. The molecule has 0 aliphatic heterocycles. The first-order valence-corrected chi connectivity index (χ1v) is 4.02. The number of hydrazine groups is 1. The average Bonchev–Trinajstić information content (AvgIpc) is 2.43. The number of ketones is 1. The normalized spacial score (nSPS) is 7.58. The quantitative estimate of drug-likeness (QED) is 0.502. The molecule has 0 bridgehead atoms. The minimum atomic E-state index is 0. The van der Waals surface area contributed by atoms with Gasteiger partial charge in [0.25, 0.3) is 0 Å². The molecule has 0 radical (unpaired) electrons. The van der Waals surface area contributed by atoms with Crippen LogP contribution >= 0.6 is 11.3 Å². The highest BCUT2D eigenvalue weighted by Gasteiger charge is 1.95. The van der Waals surface area contributed by atoms with Crippen molar-refractivity contribution in [2.24, 2.45) is 11.7 Å². The second kappa shape index (κ2) is 8.35. The van der Waals surface area contributed by atoms with E-state index in [0.717, 1.165) is 4.88 Å². The Labute approximate surface area is 75.5 Å². The third kappa shape index (κ3) is 5.99. The zero-order chi connectivity index (χ0) is 8.69. The second-order valence-electron chi connectivity index (χ2n) is 1.96. The van der Waals surface area contributed by atoms with Gasteiger partial charge in [0.1, 0.15) is 5.78 Å². The molecule has 1 aromatic heterocycles. The SMILES string of the molecule is CC(=O)Cc1cccs1.NN.O. The number of hydrogen-bond acceptors (Lipinski definition) is 4. The van der Waals surface area contributed by atoms with Crippen molar-refractivity contribution < 1.29 is 10.3 Å². The Hall–Kier alpha value is -0.750. The van der Waals surface area contributed by atoms with Gasteiger partial charge >= 0.3 is 0 Å². The van der Waals surface area contributed by atoms with E-state index in [1.165, 1.54) is 0 Å². The van der Waals surface area contributed by atoms with E-state index in [4.69, 9.17) is 0 Å². The van der Waals surface area contributed by atoms with Crippen LogP contribution in [0.25, 0.3) is 0 Å². The van der Waals surface area contributed by atoms with Gasteiger partial charge in [-0.25, -0.2) is 0 Å². The summed E-state index contributed by atoms with van der Waals surface area (Å²) in [6.45, 7) is 1.61. The van der Waals surface area contributed by atoms with Crippen molar-refractivity contribution in [1.29, 1.82) is 0 Å². The van der Waals surface area contributed by atoms with Crippen LogP contribution in [0.1, 0.15) is 11.8 Å². The average molecular weight is 190 g/mol. The summed E-state index contributed by atoms with van der Waals surface area (Å²) >= 11 is 1.63. The molecule has 0 unspecified atom stereocenters. The fourth-order valence-corrected chi connectivity index (χ4v) is 1.43. The Balaban J connectivity index is 0. The Morgan fingerprint density at radius 2 is 2.17 bits per heavy atom. The van der Waals surface area contributed by atoms with Crippen LogP contribution in [-0.4, -0.2) is 11.3 Å². The van der Waals surface area contributed by atoms with E-state index in [1.807, 2.05) is 17.5 Å². The number of thiophene rings is 1. The van der Waals surface area contributed by atoms with E-state index in [0.29, 0.717) is 6.42 Å². The molecule has 0 fully saturated rings. The van der Waals surface area contributed by atoms with Gasteiger partial charge in [-0.2, -0.15) is 0 Å². The van der Waals surface area contributed by atoms with Gasteiger partial charge in [-0.15, -0.1) is 11.3 Å². The lowest BCUT2D eigenvalue weighted by Gasteiger charge is -1.86. The summed E-state index contributed by atoms with van der Waals surface area (Å²) in [6, 6.07) is 3.94. The molecule has 1 rings (SSSR count). The van der Waals surface area contributed by atoms with E-state index in [1.54, 1.807) is 18.3 Å². The van der Waals surface area contributed by atoms with Gasteiger partial charge in [0.15, 0.2) is 0 Å². The summed E-state index contributed by atoms with van der Waals surface area (Å²) in [7, 11) is 0. The van der Waals surface area contributed by atoms with Crippen LogP contribution < -0.4 is 11.7 Å². The highest BCUT2D eigenvalue weighted by molar-refractivity contribution is 7.10. The predicted molar refractivity (Wildman–Crippen MR) is 50.7 cm³/mol. The topological polar surface area (TPSA) is 101 Å². The summed E-state index contributed by atoms with van der Waals surface area (Å²) in [6.07, 6.45) is 0.595. The number of Topliss-reactive ketones (excluding diaryl/α,β-unsaturated/α-hetero) is 1. The van der Waals surface area contributed by atoms with Crippen molar-refractivity contribution in [1.82, 2.24) is 0 Å². The highest BCUT2D eigenvalue weighted by Crippen LogP contribution is 2.08. The molecule has 0 aromatic carbocycles. The third-order valence-corrected chi connectivity index (χ3v) is 1.88.